The van der Waals surface area contributed by atoms with Crippen molar-refractivity contribution in [3.63, 3.8) is 0 Å². The highest BCUT2D eigenvalue weighted by atomic mass is 19.1. The Bertz CT molecular complexity index is 1200. The van der Waals surface area contributed by atoms with Gasteiger partial charge in [-0.2, -0.15) is 4.98 Å². The molecule has 0 bridgehead atoms. The highest BCUT2D eigenvalue weighted by Gasteiger charge is 2.31. The zero-order chi connectivity index (χ0) is 26.9. The van der Waals surface area contributed by atoms with Crippen molar-refractivity contribution in [3.8, 4) is 11.8 Å². The van der Waals surface area contributed by atoms with Gasteiger partial charge < -0.3 is 25.8 Å². The van der Waals surface area contributed by atoms with Gasteiger partial charge in [0.2, 0.25) is 17.8 Å². The van der Waals surface area contributed by atoms with Gasteiger partial charge in [0.05, 0.1) is 11.8 Å². The number of rotatable bonds is 9. The molecule has 1 aliphatic rings. The van der Waals surface area contributed by atoms with Gasteiger partial charge in [-0.05, 0) is 52.1 Å². The molecule has 9 nitrogen and oxygen atoms in total. The van der Waals surface area contributed by atoms with Gasteiger partial charge in [0.15, 0.2) is 0 Å². The summed E-state index contributed by atoms with van der Waals surface area (Å²) in [7, 11) is 7.21. The van der Waals surface area contributed by atoms with Crippen LogP contribution in [-0.4, -0.2) is 78.4 Å². The normalized spacial score (nSPS) is 17.4. The number of aromatic nitrogens is 2. The van der Waals surface area contributed by atoms with Crippen LogP contribution in [0.15, 0.2) is 42.6 Å². The molecule has 1 aliphatic carbocycles. The third-order valence-corrected chi connectivity index (χ3v) is 6.04. The Balaban J connectivity index is 1.50. The fourth-order valence-corrected chi connectivity index (χ4v) is 3.62. The molecule has 0 aliphatic heterocycles. The number of carbonyl (C=O) groups is 2. The fourth-order valence-electron chi connectivity index (χ4n) is 3.62. The van der Waals surface area contributed by atoms with Crippen molar-refractivity contribution in [2.45, 2.75) is 31.8 Å². The third kappa shape index (κ3) is 8.02. The standard InChI is InChI=1S/C27H34FN7O2/c1-18(35(5)24(36)10-7-13-34(3)4)26(37)31-23-14-19(15-23)11-12-20-17-30-27(33-25(20)29-2)32-22-9-6-8-21(28)16-22/h6-10,16-19,23H,13-15H2,1-5H3,(H,31,37)(H2,29,30,32,33)/b10-7+/t18-,19-,23+/m0/s1. The minimum Gasteiger partial charge on any atom is -0.372 e. The molecule has 196 valence electrons. The van der Waals surface area contributed by atoms with Crippen molar-refractivity contribution < 1.29 is 14.0 Å². The van der Waals surface area contributed by atoms with Gasteiger partial charge >= 0.3 is 0 Å². The maximum absolute atomic E-state index is 13.4. The van der Waals surface area contributed by atoms with E-state index >= 15 is 0 Å². The molecule has 10 heteroatoms. The van der Waals surface area contributed by atoms with Gasteiger partial charge in [0, 0.05) is 44.4 Å². The second kappa shape index (κ2) is 12.8. The van der Waals surface area contributed by atoms with Crippen LogP contribution in [0.25, 0.3) is 0 Å². The van der Waals surface area contributed by atoms with E-state index in [9.17, 15) is 14.0 Å². The predicted molar refractivity (Wildman–Crippen MR) is 143 cm³/mol. The molecule has 1 saturated carbocycles. The molecule has 1 aromatic carbocycles. The van der Waals surface area contributed by atoms with Gasteiger partial charge in [-0.3, -0.25) is 9.59 Å². The summed E-state index contributed by atoms with van der Waals surface area (Å²) in [5.74, 6) is 6.65. The number of anilines is 3. The van der Waals surface area contributed by atoms with E-state index in [1.165, 1.54) is 23.1 Å². The van der Waals surface area contributed by atoms with E-state index in [0.717, 1.165) is 12.8 Å². The van der Waals surface area contributed by atoms with Crippen LogP contribution in [0, 0.1) is 23.6 Å². The number of halogens is 1. The molecule has 0 spiro atoms. The summed E-state index contributed by atoms with van der Waals surface area (Å²) in [4.78, 5) is 37.0. The number of hydrogen-bond acceptors (Lipinski definition) is 7. The van der Waals surface area contributed by atoms with Crippen LogP contribution in [-0.2, 0) is 9.59 Å². The highest BCUT2D eigenvalue weighted by Crippen LogP contribution is 2.27. The van der Waals surface area contributed by atoms with Crippen LogP contribution in [0.2, 0.25) is 0 Å². The first kappa shape index (κ1) is 27.6. The summed E-state index contributed by atoms with van der Waals surface area (Å²) in [6.45, 7) is 2.37. The molecule has 1 atom stereocenters. The van der Waals surface area contributed by atoms with Gasteiger partial charge in [-0.25, -0.2) is 9.37 Å². The van der Waals surface area contributed by atoms with Crippen LogP contribution < -0.4 is 16.0 Å². The van der Waals surface area contributed by atoms with Crippen LogP contribution in [0.4, 0.5) is 21.8 Å². The number of likely N-dealkylation sites (N-methyl/N-ethyl adjacent to an activating group) is 2. The van der Waals surface area contributed by atoms with Crippen molar-refractivity contribution in [1.82, 2.24) is 25.1 Å². The van der Waals surface area contributed by atoms with Crippen LogP contribution >= 0.6 is 0 Å². The lowest BCUT2D eigenvalue weighted by Crippen LogP contribution is -2.51. The highest BCUT2D eigenvalue weighted by molar-refractivity contribution is 5.92. The second-order valence-electron chi connectivity index (χ2n) is 9.27. The summed E-state index contributed by atoms with van der Waals surface area (Å²) in [6, 6.07) is 5.52. The van der Waals surface area contributed by atoms with Gasteiger partial charge in [0.1, 0.15) is 17.7 Å². The van der Waals surface area contributed by atoms with E-state index in [-0.39, 0.29) is 29.6 Å². The van der Waals surface area contributed by atoms with Crippen molar-refractivity contribution in [3.05, 3.63) is 54.0 Å². The van der Waals surface area contributed by atoms with Crippen LogP contribution in [0.3, 0.4) is 0 Å². The molecular formula is C27H34FN7O2. The third-order valence-electron chi connectivity index (χ3n) is 6.04. The van der Waals surface area contributed by atoms with Gasteiger partial charge in [0.25, 0.3) is 0 Å². The number of nitrogens with zero attached hydrogens (tertiary/aromatic N) is 4. The molecule has 1 aromatic heterocycles. The molecule has 37 heavy (non-hydrogen) atoms. The lowest BCUT2D eigenvalue weighted by molar-refractivity contribution is -0.135. The Kier molecular flexibility index (Phi) is 9.57. The number of benzene rings is 1. The summed E-state index contributed by atoms with van der Waals surface area (Å²) in [5.41, 5.74) is 1.20. The largest absolute Gasteiger partial charge is 0.372 e. The number of nitrogens with one attached hydrogen (secondary N) is 3. The first-order chi connectivity index (χ1) is 17.7. The van der Waals surface area contributed by atoms with Crippen molar-refractivity contribution >= 4 is 29.3 Å². The zero-order valence-corrected chi connectivity index (χ0v) is 21.9. The quantitative estimate of drug-likeness (QED) is 0.354. The van der Waals surface area contributed by atoms with Crippen LogP contribution in [0.1, 0.15) is 25.3 Å². The topological polar surface area (TPSA) is 102 Å². The fraction of sp³-hybridized carbons (Fsp3) is 0.407. The smallest absolute Gasteiger partial charge is 0.246 e. The maximum Gasteiger partial charge on any atom is 0.246 e. The Morgan fingerprint density at radius 3 is 2.70 bits per heavy atom. The van der Waals surface area contributed by atoms with E-state index < -0.39 is 6.04 Å². The SMILES string of the molecule is CNc1nc(Nc2cccc(F)c2)ncc1C#C[C@H]1C[C@@H](NC(=O)[C@H](C)N(C)C(=O)/C=C/CN(C)C)C1. The van der Waals surface area contributed by atoms with E-state index in [4.69, 9.17) is 0 Å². The van der Waals surface area contributed by atoms with E-state index in [1.807, 2.05) is 19.0 Å². The summed E-state index contributed by atoms with van der Waals surface area (Å²) in [6.07, 6.45) is 6.36. The van der Waals surface area contributed by atoms with Crippen molar-refractivity contribution in [1.29, 1.82) is 0 Å². The van der Waals surface area contributed by atoms with Gasteiger partial charge in [-0.15, -0.1) is 0 Å². The van der Waals surface area contributed by atoms with E-state index in [0.29, 0.717) is 29.6 Å². The molecule has 2 aromatic rings. The molecule has 3 N–H and O–H groups in total. The Morgan fingerprint density at radius 1 is 1.27 bits per heavy atom. The molecule has 3 rings (SSSR count). The first-order valence-corrected chi connectivity index (χ1v) is 12.1. The molecule has 1 heterocycles. The maximum atomic E-state index is 13.4. The number of carbonyl (C=O) groups excluding carboxylic acids is 2. The Hall–Kier alpha value is -3.97. The molecule has 1 fully saturated rings. The lowest BCUT2D eigenvalue weighted by atomic mass is 9.80. The summed E-state index contributed by atoms with van der Waals surface area (Å²) >= 11 is 0. The Labute approximate surface area is 217 Å². The average molecular weight is 508 g/mol. The first-order valence-electron chi connectivity index (χ1n) is 12.1. The molecule has 0 radical (unpaired) electrons. The summed E-state index contributed by atoms with van der Waals surface area (Å²) in [5, 5.41) is 9.00. The van der Waals surface area contributed by atoms with Crippen LogP contribution in [0.5, 0.6) is 0 Å². The Morgan fingerprint density at radius 2 is 2.03 bits per heavy atom. The van der Waals surface area contributed by atoms with Gasteiger partial charge in [-0.1, -0.05) is 24.0 Å². The minimum absolute atomic E-state index is 0.0277. The zero-order valence-electron chi connectivity index (χ0n) is 21.9. The monoisotopic (exact) mass is 507 g/mol. The molecule has 2 amide bonds. The predicted octanol–water partition coefficient (Wildman–Crippen LogP) is 2.61. The van der Waals surface area contributed by atoms with E-state index in [1.54, 1.807) is 45.4 Å². The average Bonchev–Trinajstić information content (AvgIpc) is 2.84. The minimum atomic E-state index is -0.573. The summed E-state index contributed by atoms with van der Waals surface area (Å²) < 4.78 is 13.4. The number of hydrogen-bond donors (Lipinski definition) is 3. The number of amides is 2. The lowest BCUT2D eigenvalue weighted by Gasteiger charge is -2.34. The van der Waals surface area contributed by atoms with Crippen molar-refractivity contribution in [2.24, 2.45) is 5.92 Å². The molecule has 0 saturated heterocycles. The molecule has 0 unspecified atom stereocenters. The second-order valence-corrected chi connectivity index (χ2v) is 9.27. The molecular weight excluding hydrogens is 473 g/mol. The van der Waals surface area contributed by atoms with Crippen molar-refractivity contribution in [2.75, 3.05) is 45.4 Å². The van der Waals surface area contributed by atoms with E-state index in [2.05, 4.69) is 37.8 Å².